The molecule has 8 heteroatoms. The van der Waals surface area contributed by atoms with Crippen molar-refractivity contribution in [2.75, 3.05) is 33.0 Å². The van der Waals surface area contributed by atoms with Crippen molar-refractivity contribution in [2.45, 2.75) is 18.8 Å². The largest absolute Gasteiger partial charge is 0.481 e. The number of carbonyl (C=O) groups excluding carboxylic acids is 1. The molecule has 4 aliphatic heterocycles. The van der Waals surface area contributed by atoms with Crippen LogP contribution in [0.4, 0.5) is 0 Å². The Morgan fingerprint density at radius 3 is 2.46 bits per heavy atom. The quantitative estimate of drug-likeness (QED) is 0.763. The highest BCUT2D eigenvalue weighted by molar-refractivity contribution is 5.87. The SMILES string of the molecule is O=C(O)[C@H]1[C@@H](C(=O)N2CCN(Cc3ccc4c(c3)OCO4)CC2)[C@H]2C=C[C@H]1O2. The third-order valence-electron chi connectivity index (χ3n) is 6.00. The predicted molar refractivity (Wildman–Crippen MR) is 96.8 cm³/mol. The molecule has 0 aliphatic carbocycles. The summed E-state index contributed by atoms with van der Waals surface area (Å²) in [6.07, 6.45) is 2.69. The molecule has 2 saturated heterocycles. The Morgan fingerprint density at radius 1 is 1.00 bits per heavy atom. The van der Waals surface area contributed by atoms with Crippen molar-refractivity contribution in [1.29, 1.82) is 0 Å². The Bertz CT molecular complexity index is 832. The Morgan fingerprint density at radius 2 is 1.71 bits per heavy atom. The van der Waals surface area contributed by atoms with Gasteiger partial charge in [-0.05, 0) is 17.7 Å². The number of fused-ring (bicyclic) bond motifs is 3. The predicted octanol–water partition coefficient (Wildman–Crippen LogP) is 0.714. The van der Waals surface area contributed by atoms with Gasteiger partial charge in [-0.3, -0.25) is 14.5 Å². The molecule has 0 saturated carbocycles. The second-order valence-corrected chi connectivity index (χ2v) is 7.63. The lowest BCUT2D eigenvalue weighted by Gasteiger charge is -2.37. The maximum absolute atomic E-state index is 13.0. The molecule has 1 aromatic carbocycles. The summed E-state index contributed by atoms with van der Waals surface area (Å²) in [4.78, 5) is 28.7. The first-order valence-corrected chi connectivity index (χ1v) is 9.56. The van der Waals surface area contributed by atoms with Crippen molar-refractivity contribution >= 4 is 11.9 Å². The monoisotopic (exact) mass is 386 g/mol. The molecule has 0 radical (unpaired) electrons. The number of carbonyl (C=O) groups is 2. The molecule has 4 atom stereocenters. The first kappa shape index (κ1) is 17.5. The van der Waals surface area contributed by atoms with Gasteiger partial charge in [-0.2, -0.15) is 0 Å². The molecule has 0 aromatic heterocycles. The van der Waals surface area contributed by atoms with E-state index in [0.29, 0.717) is 13.1 Å². The molecule has 1 N–H and O–H groups in total. The third-order valence-corrected chi connectivity index (χ3v) is 6.00. The zero-order valence-corrected chi connectivity index (χ0v) is 15.3. The number of carboxylic acids is 1. The zero-order valence-electron chi connectivity index (χ0n) is 15.3. The number of rotatable bonds is 4. The van der Waals surface area contributed by atoms with Crippen molar-refractivity contribution in [2.24, 2.45) is 11.8 Å². The molecular weight excluding hydrogens is 364 g/mol. The van der Waals surface area contributed by atoms with Gasteiger partial charge in [0.15, 0.2) is 11.5 Å². The standard InChI is InChI=1S/C20H22N2O6/c23-19(17-14-3-4-15(28-14)18(17)20(24)25)22-7-5-21(6-8-22)10-12-1-2-13-16(9-12)27-11-26-13/h1-4,9,14-15,17-18H,5-8,10-11H2,(H,24,25)/t14-,15-,17+,18-/m1/s1. The Hall–Kier alpha value is -2.58. The summed E-state index contributed by atoms with van der Waals surface area (Å²) in [6, 6.07) is 5.95. The number of benzene rings is 1. The minimum Gasteiger partial charge on any atom is -0.481 e. The fourth-order valence-electron chi connectivity index (χ4n) is 4.53. The first-order valence-electron chi connectivity index (χ1n) is 9.56. The molecule has 1 amide bonds. The van der Waals surface area contributed by atoms with Gasteiger partial charge in [-0.1, -0.05) is 18.2 Å². The van der Waals surface area contributed by atoms with Crippen LogP contribution in [0.5, 0.6) is 11.5 Å². The van der Waals surface area contributed by atoms with E-state index >= 15 is 0 Å². The van der Waals surface area contributed by atoms with Gasteiger partial charge >= 0.3 is 5.97 Å². The van der Waals surface area contributed by atoms with Crippen LogP contribution in [0.3, 0.4) is 0 Å². The molecule has 5 rings (SSSR count). The second-order valence-electron chi connectivity index (χ2n) is 7.63. The number of hydrogen-bond acceptors (Lipinski definition) is 6. The molecule has 1 aromatic rings. The Labute approximate surface area is 162 Å². The van der Waals surface area contributed by atoms with E-state index in [-0.39, 0.29) is 12.7 Å². The van der Waals surface area contributed by atoms with E-state index in [4.69, 9.17) is 14.2 Å². The van der Waals surface area contributed by atoms with Crippen LogP contribution in [0.15, 0.2) is 30.4 Å². The van der Waals surface area contributed by atoms with Gasteiger partial charge in [0.25, 0.3) is 0 Å². The molecule has 2 fully saturated rings. The number of aliphatic carboxylic acids is 1. The normalized spacial score (nSPS) is 30.8. The van der Waals surface area contributed by atoms with Crippen molar-refractivity contribution in [3.05, 3.63) is 35.9 Å². The van der Waals surface area contributed by atoms with Crippen LogP contribution >= 0.6 is 0 Å². The average Bonchev–Trinajstić information content (AvgIpc) is 3.43. The van der Waals surface area contributed by atoms with Crippen LogP contribution in [0.2, 0.25) is 0 Å². The summed E-state index contributed by atoms with van der Waals surface area (Å²) in [6.45, 7) is 3.71. The highest BCUT2D eigenvalue weighted by Crippen LogP contribution is 2.40. The fourth-order valence-corrected chi connectivity index (χ4v) is 4.53. The number of carboxylic acid groups (broad SMARTS) is 1. The minimum absolute atomic E-state index is 0.105. The van der Waals surface area contributed by atoms with E-state index in [0.717, 1.165) is 36.7 Å². The highest BCUT2D eigenvalue weighted by atomic mass is 16.7. The van der Waals surface area contributed by atoms with Crippen LogP contribution in [0.1, 0.15) is 5.56 Å². The maximum atomic E-state index is 13.0. The maximum Gasteiger partial charge on any atom is 0.310 e. The van der Waals surface area contributed by atoms with Gasteiger partial charge in [-0.25, -0.2) is 0 Å². The molecule has 2 bridgehead atoms. The average molecular weight is 386 g/mol. The first-order chi connectivity index (χ1) is 13.6. The zero-order chi connectivity index (χ0) is 19.3. The number of ether oxygens (including phenoxy) is 3. The number of piperazine rings is 1. The van der Waals surface area contributed by atoms with E-state index in [1.165, 1.54) is 0 Å². The third kappa shape index (κ3) is 2.93. The van der Waals surface area contributed by atoms with Crippen molar-refractivity contribution < 1.29 is 28.9 Å². The molecule has 4 aliphatic rings. The van der Waals surface area contributed by atoms with E-state index in [1.807, 2.05) is 24.3 Å². The molecule has 0 spiro atoms. The van der Waals surface area contributed by atoms with E-state index in [2.05, 4.69) is 4.90 Å². The summed E-state index contributed by atoms with van der Waals surface area (Å²) >= 11 is 0. The van der Waals surface area contributed by atoms with Gasteiger partial charge in [0.2, 0.25) is 12.7 Å². The fraction of sp³-hybridized carbons (Fsp3) is 0.500. The van der Waals surface area contributed by atoms with Gasteiger partial charge in [0.1, 0.15) is 5.92 Å². The van der Waals surface area contributed by atoms with Crippen LogP contribution < -0.4 is 9.47 Å². The topological polar surface area (TPSA) is 88.5 Å². The molecule has 148 valence electrons. The molecule has 4 heterocycles. The summed E-state index contributed by atoms with van der Waals surface area (Å²) < 4.78 is 16.4. The van der Waals surface area contributed by atoms with Gasteiger partial charge in [0, 0.05) is 32.7 Å². The summed E-state index contributed by atoms with van der Waals surface area (Å²) in [5.41, 5.74) is 1.14. The lowest BCUT2D eigenvalue weighted by atomic mass is 9.82. The second kappa shape index (κ2) is 6.79. The number of nitrogens with zero attached hydrogens (tertiary/aromatic N) is 2. The number of hydrogen-bond donors (Lipinski definition) is 1. The highest BCUT2D eigenvalue weighted by Gasteiger charge is 2.54. The van der Waals surface area contributed by atoms with Crippen molar-refractivity contribution in [3.8, 4) is 11.5 Å². The van der Waals surface area contributed by atoms with Crippen molar-refractivity contribution in [1.82, 2.24) is 9.80 Å². The molecule has 28 heavy (non-hydrogen) atoms. The summed E-state index contributed by atoms with van der Waals surface area (Å²) in [5.74, 6) is -0.921. The molecular formula is C20H22N2O6. The van der Waals surface area contributed by atoms with Crippen LogP contribution in [0, 0.1) is 11.8 Å². The minimum atomic E-state index is -0.961. The van der Waals surface area contributed by atoms with Crippen LogP contribution in [-0.4, -0.2) is 72.0 Å². The van der Waals surface area contributed by atoms with Gasteiger partial charge in [0.05, 0.1) is 18.1 Å². The van der Waals surface area contributed by atoms with E-state index < -0.39 is 30.0 Å². The van der Waals surface area contributed by atoms with Crippen molar-refractivity contribution in [3.63, 3.8) is 0 Å². The summed E-state index contributed by atoms with van der Waals surface area (Å²) in [7, 11) is 0. The number of amides is 1. The van der Waals surface area contributed by atoms with Crippen LogP contribution in [-0.2, 0) is 20.9 Å². The Kier molecular flexibility index (Phi) is 4.25. The smallest absolute Gasteiger partial charge is 0.310 e. The van der Waals surface area contributed by atoms with Gasteiger partial charge < -0.3 is 24.2 Å². The van der Waals surface area contributed by atoms with E-state index in [1.54, 1.807) is 11.0 Å². The van der Waals surface area contributed by atoms with E-state index in [9.17, 15) is 14.7 Å². The van der Waals surface area contributed by atoms with Crippen LogP contribution in [0.25, 0.3) is 0 Å². The molecule has 8 nitrogen and oxygen atoms in total. The molecule has 0 unspecified atom stereocenters. The lowest BCUT2D eigenvalue weighted by molar-refractivity contribution is -0.150. The Balaban J connectivity index is 1.20. The summed E-state index contributed by atoms with van der Waals surface area (Å²) in [5, 5.41) is 9.51. The van der Waals surface area contributed by atoms with Gasteiger partial charge in [-0.15, -0.1) is 0 Å². The lowest BCUT2D eigenvalue weighted by Crippen LogP contribution is -2.52.